The Hall–Kier alpha value is -3.38. The molecule has 176 valence electrons. The molecule has 3 aromatic carbocycles. The Kier molecular flexibility index (Phi) is 6.00. The van der Waals surface area contributed by atoms with E-state index in [9.17, 15) is 9.18 Å². The summed E-state index contributed by atoms with van der Waals surface area (Å²) in [6.07, 6.45) is 1.78. The average molecular weight is 460 g/mol. The lowest BCUT2D eigenvalue weighted by molar-refractivity contribution is 0.160. The van der Waals surface area contributed by atoms with Gasteiger partial charge in [-0.3, -0.25) is 9.80 Å². The van der Waals surface area contributed by atoms with E-state index in [2.05, 4.69) is 41.4 Å². The molecule has 0 unspecified atom stereocenters. The van der Waals surface area contributed by atoms with Crippen molar-refractivity contribution in [1.29, 1.82) is 0 Å². The molecule has 2 aliphatic heterocycles. The van der Waals surface area contributed by atoms with Gasteiger partial charge in [-0.15, -0.1) is 0 Å². The van der Waals surface area contributed by atoms with Gasteiger partial charge in [0.1, 0.15) is 11.6 Å². The summed E-state index contributed by atoms with van der Waals surface area (Å²) >= 11 is 0. The van der Waals surface area contributed by atoms with Gasteiger partial charge in [-0.1, -0.05) is 29.8 Å². The van der Waals surface area contributed by atoms with Crippen molar-refractivity contribution < 1.29 is 13.9 Å². The summed E-state index contributed by atoms with van der Waals surface area (Å²) < 4.78 is 19.5. The van der Waals surface area contributed by atoms with E-state index >= 15 is 0 Å². The van der Waals surface area contributed by atoms with Crippen molar-refractivity contribution in [1.82, 2.24) is 4.90 Å². The number of methoxy groups -OCH3 is 1. The summed E-state index contributed by atoms with van der Waals surface area (Å²) in [5.74, 6) is 0.481. The molecule has 0 bridgehead atoms. The minimum atomic E-state index is -0.252. The van der Waals surface area contributed by atoms with Crippen molar-refractivity contribution in [2.45, 2.75) is 31.7 Å². The first-order valence-corrected chi connectivity index (χ1v) is 11.8. The number of urea groups is 1. The SMILES string of the molecule is COc1ccc(NC(=O)N2CC3(CCN(Cc4cccc(C)c4)CC3)c3cc(F)ccc32)cc1. The predicted molar refractivity (Wildman–Crippen MR) is 133 cm³/mol. The summed E-state index contributed by atoms with van der Waals surface area (Å²) in [7, 11) is 1.61. The van der Waals surface area contributed by atoms with Gasteiger partial charge >= 0.3 is 6.03 Å². The Morgan fingerprint density at radius 1 is 1.06 bits per heavy atom. The maximum absolute atomic E-state index is 14.3. The first kappa shape index (κ1) is 22.4. The molecule has 0 aliphatic carbocycles. The fourth-order valence-electron chi connectivity index (χ4n) is 5.32. The fourth-order valence-corrected chi connectivity index (χ4v) is 5.32. The normalized spacial score (nSPS) is 17.0. The molecule has 3 aromatic rings. The highest BCUT2D eigenvalue weighted by Crippen LogP contribution is 2.47. The number of rotatable bonds is 4. The second-order valence-electron chi connectivity index (χ2n) is 9.45. The number of fused-ring (bicyclic) bond motifs is 2. The number of anilines is 2. The molecular weight excluding hydrogens is 429 g/mol. The van der Waals surface area contributed by atoms with Crippen LogP contribution in [0, 0.1) is 12.7 Å². The van der Waals surface area contributed by atoms with Crippen LogP contribution in [0.4, 0.5) is 20.6 Å². The van der Waals surface area contributed by atoms with Gasteiger partial charge in [0, 0.05) is 29.9 Å². The highest BCUT2D eigenvalue weighted by atomic mass is 19.1. The molecule has 5 nitrogen and oxygen atoms in total. The van der Waals surface area contributed by atoms with Gasteiger partial charge in [0.05, 0.1) is 7.11 Å². The van der Waals surface area contributed by atoms with Gasteiger partial charge in [0.2, 0.25) is 0 Å². The number of hydrogen-bond acceptors (Lipinski definition) is 3. The molecular formula is C28H30FN3O2. The minimum absolute atomic E-state index is 0.197. The molecule has 6 heteroatoms. The standard InChI is InChI=1S/C28H30FN3O2/c1-20-4-3-5-21(16-20)18-31-14-12-28(13-15-31)19-32(26-11-6-22(29)17-25(26)28)27(33)30-23-7-9-24(34-2)10-8-23/h3-11,16-17H,12-15,18-19H2,1-2H3,(H,30,33). The number of piperidine rings is 1. The average Bonchev–Trinajstić information content (AvgIpc) is 3.14. The van der Waals surface area contributed by atoms with Crippen molar-refractivity contribution in [2.75, 3.05) is 37.0 Å². The molecule has 2 heterocycles. The zero-order valence-electron chi connectivity index (χ0n) is 19.7. The number of likely N-dealkylation sites (tertiary alicyclic amines) is 1. The first-order valence-electron chi connectivity index (χ1n) is 11.8. The maximum atomic E-state index is 14.3. The quantitative estimate of drug-likeness (QED) is 0.542. The van der Waals surface area contributed by atoms with Crippen LogP contribution in [0.2, 0.25) is 0 Å². The van der Waals surface area contributed by atoms with E-state index in [0.29, 0.717) is 12.2 Å². The van der Waals surface area contributed by atoms with Crippen LogP contribution in [-0.2, 0) is 12.0 Å². The third-order valence-electron chi connectivity index (χ3n) is 7.17. The van der Waals surface area contributed by atoms with Gasteiger partial charge in [-0.05, 0) is 86.4 Å². The molecule has 0 radical (unpaired) electrons. The lowest BCUT2D eigenvalue weighted by Crippen LogP contribution is -2.46. The largest absolute Gasteiger partial charge is 0.497 e. The van der Waals surface area contributed by atoms with Gasteiger partial charge in [-0.25, -0.2) is 9.18 Å². The number of aryl methyl sites for hydroxylation is 1. The number of halogens is 1. The van der Waals surface area contributed by atoms with Crippen LogP contribution < -0.4 is 15.0 Å². The van der Waals surface area contributed by atoms with E-state index < -0.39 is 0 Å². The topological polar surface area (TPSA) is 44.8 Å². The number of carbonyl (C=O) groups excluding carboxylic acids is 1. The Balaban J connectivity index is 1.33. The smallest absolute Gasteiger partial charge is 0.326 e. The fraction of sp³-hybridized carbons (Fsp3) is 0.321. The number of hydrogen-bond donors (Lipinski definition) is 1. The number of nitrogens with one attached hydrogen (secondary N) is 1. The number of nitrogens with zero attached hydrogens (tertiary/aromatic N) is 2. The third-order valence-corrected chi connectivity index (χ3v) is 7.17. The molecule has 2 aliphatic rings. The molecule has 1 N–H and O–H groups in total. The van der Waals surface area contributed by atoms with Gasteiger partial charge in [-0.2, -0.15) is 0 Å². The number of carbonyl (C=O) groups is 1. The van der Waals surface area contributed by atoms with Crippen LogP contribution in [-0.4, -0.2) is 37.7 Å². The zero-order chi connectivity index (χ0) is 23.7. The molecule has 1 fully saturated rings. The molecule has 1 spiro atoms. The number of amides is 2. The van der Waals surface area contributed by atoms with E-state index in [1.807, 2.05) is 24.3 Å². The summed E-state index contributed by atoms with van der Waals surface area (Å²) in [5, 5.41) is 2.99. The summed E-state index contributed by atoms with van der Waals surface area (Å²) in [5.41, 5.74) is 4.81. The van der Waals surface area contributed by atoms with E-state index in [4.69, 9.17) is 4.74 Å². The Bertz CT molecular complexity index is 1190. The highest BCUT2D eigenvalue weighted by Gasteiger charge is 2.46. The predicted octanol–water partition coefficient (Wildman–Crippen LogP) is 5.73. The van der Waals surface area contributed by atoms with Crippen molar-refractivity contribution in [3.05, 3.63) is 89.2 Å². The second-order valence-corrected chi connectivity index (χ2v) is 9.45. The third kappa shape index (κ3) is 4.38. The summed E-state index contributed by atoms with van der Waals surface area (Å²) in [6, 6.07) is 20.5. The molecule has 0 atom stereocenters. The van der Waals surface area contributed by atoms with Crippen molar-refractivity contribution in [2.24, 2.45) is 0 Å². The van der Waals surface area contributed by atoms with Crippen LogP contribution in [0.25, 0.3) is 0 Å². The number of ether oxygens (including phenoxy) is 1. The van der Waals surface area contributed by atoms with Crippen molar-refractivity contribution >= 4 is 17.4 Å². The second kappa shape index (κ2) is 9.11. The lowest BCUT2D eigenvalue weighted by Gasteiger charge is -2.40. The van der Waals surface area contributed by atoms with E-state index in [1.165, 1.54) is 17.2 Å². The molecule has 5 rings (SSSR count). The number of benzene rings is 3. The van der Waals surface area contributed by atoms with Gasteiger partial charge in [0.25, 0.3) is 0 Å². The molecule has 34 heavy (non-hydrogen) atoms. The van der Waals surface area contributed by atoms with Crippen molar-refractivity contribution in [3.63, 3.8) is 0 Å². The molecule has 0 aromatic heterocycles. The Labute approximate surface area is 200 Å². The van der Waals surface area contributed by atoms with E-state index in [1.54, 1.807) is 24.1 Å². The minimum Gasteiger partial charge on any atom is -0.497 e. The lowest BCUT2D eigenvalue weighted by atomic mass is 9.74. The van der Waals surface area contributed by atoms with Crippen LogP contribution in [0.3, 0.4) is 0 Å². The Morgan fingerprint density at radius 2 is 1.82 bits per heavy atom. The molecule has 0 saturated carbocycles. The maximum Gasteiger partial charge on any atom is 0.326 e. The van der Waals surface area contributed by atoms with Gasteiger partial charge < -0.3 is 10.1 Å². The summed E-state index contributed by atoms with van der Waals surface area (Å²) in [6.45, 7) is 5.42. The zero-order valence-corrected chi connectivity index (χ0v) is 19.7. The highest BCUT2D eigenvalue weighted by molar-refractivity contribution is 6.03. The molecule has 2 amide bonds. The molecule has 1 saturated heterocycles. The van der Waals surface area contributed by atoms with Crippen LogP contribution in [0.15, 0.2) is 66.7 Å². The van der Waals surface area contributed by atoms with Crippen molar-refractivity contribution in [3.8, 4) is 5.75 Å². The monoisotopic (exact) mass is 459 g/mol. The Morgan fingerprint density at radius 3 is 2.53 bits per heavy atom. The van der Waals surface area contributed by atoms with Gasteiger partial charge in [0.15, 0.2) is 0 Å². The van der Waals surface area contributed by atoms with Crippen LogP contribution in [0.5, 0.6) is 5.75 Å². The first-order chi connectivity index (χ1) is 16.5. The van der Waals surface area contributed by atoms with E-state index in [0.717, 1.165) is 49.5 Å². The van der Waals surface area contributed by atoms with Crippen LogP contribution >= 0.6 is 0 Å². The van der Waals surface area contributed by atoms with E-state index in [-0.39, 0.29) is 17.3 Å². The van der Waals surface area contributed by atoms with Crippen LogP contribution in [0.1, 0.15) is 29.5 Å². The summed E-state index contributed by atoms with van der Waals surface area (Å²) in [4.78, 5) is 17.5.